The molecule has 2 nitrogen and oxygen atoms in total. The predicted molar refractivity (Wildman–Crippen MR) is 82.5 cm³/mol. The summed E-state index contributed by atoms with van der Waals surface area (Å²) < 4.78 is 36.9. The minimum absolute atomic E-state index is 0.111. The summed E-state index contributed by atoms with van der Waals surface area (Å²) in [5.74, 6) is 0.854. The summed E-state index contributed by atoms with van der Waals surface area (Å²) >= 11 is 0.111. The predicted octanol–water partition coefficient (Wildman–Crippen LogP) is 3.87. The van der Waals surface area contributed by atoms with E-state index in [0.717, 1.165) is 19.5 Å². The summed E-state index contributed by atoms with van der Waals surface area (Å²) in [4.78, 5) is 2.26. The Bertz CT molecular complexity index is 306. The summed E-state index contributed by atoms with van der Waals surface area (Å²) in [6.45, 7) is 4.58. The van der Waals surface area contributed by atoms with Crippen molar-refractivity contribution in [2.45, 2.75) is 63.0 Å². The molecule has 1 saturated carbocycles. The van der Waals surface area contributed by atoms with Crippen molar-refractivity contribution in [2.75, 3.05) is 25.4 Å². The molecule has 0 spiro atoms. The van der Waals surface area contributed by atoms with Crippen molar-refractivity contribution in [3.63, 3.8) is 0 Å². The Morgan fingerprint density at radius 3 is 2.52 bits per heavy atom. The van der Waals surface area contributed by atoms with Gasteiger partial charge >= 0.3 is 5.51 Å². The SMILES string of the molecule is CC1CCNC(C2CCCCC2)CN1CCSC(F)(F)F. The lowest BCUT2D eigenvalue weighted by Crippen LogP contribution is -2.45. The van der Waals surface area contributed by atoms with Crippen molar-refractivity contribution < 1.29 is 13.2 Å². The third kappa shape index (κ3) is 5.99. The first-order chi connectivity index (χ1) is 9.96. The zero-order valence-corrected chi connectivity index (χ0v) is 13.6. The van der Waals surface area contributed by atoms with Crippen LogP contribution in [0.4, 0.5) is 13.2 Å². The van der Waals surface area contributed by atoms with Crippen LogP contribution < -0.4 is 5.32 Å². The lowest BCUT2D eigenvalue weighted by Gasteiger charge is -2.34. The second kappa shape index (κ2) is 8.06. The van der Waals surface area contributed by atoms with Gasteiger partial charge in [-0.15, -0.1) is 0 Å². The van der Waals surface area contributed by atoms with Gasteiger partial charge in [0.1, 0.15) is 0 Å². The Morgan fingerprint density at radius 2 is 1.86 bits per heavy atom. The molecule has 124 valence electrons. The van der Waals surface area contributed by atoms with Crippen LogP contribution in [-0.2, 0) is 0 Å². The molecule has 0 aromatic carbocycles. The van der Waals surface area contributed by atoms with E-state index >= 15 is 0 Å². The summed E-state index contributed by atoms with van der Waals surface area (Å²) in [6.07, 6.45) is 7.53. The van der Waals surface area contributed by atoms with Crippen molar-refractivity contribution in [1.82, 2.24) is 10.2 Å². The van der Waals surface area contributed by atoms with Crippen molar-refractivity contribution in [2.24, 2.45) is 5.92 Å². The molecular formula is C15H27F3N2S. The van der Waals surface area contributed by atoms with Gasteiger partial charge in [-0.2, -0.15) is 13.2 Å². The Hall–Kier alpha value is 0.0600. The van der Waals surface area contributed by atoms with E-state index in [4.69, 9.17) is 0 Å². The Labute approximate surface area is 130 Å². The molecule has 2 rings (SSSR count). The Morgan fingerprint density at radius 1 is 1.14 bits per heavy atom. The molecule has 2 fully saturated rings. The largest absolute Gasteiger partial charge is 0.441 e. The van der Waals surface area contributed by atoms with E-state index in [1.807, 2.05) is 0 Å². The Balaban J connectivity index is 1.85. The van der Waals surface area contributed by atoms with Gasteiger partial charge in [0.25, 0.3) is 0 Å². The second-order valence-electron chi connectivity index (χ2n) is 6.39. The topological polar surface area (TPSA) is 15.3 Å². The summed E-state index contributed by atoms with van der Waals surface area (Å²) in [5.41, 5.74) is -4.10. The van der Waals surface area contributed by atoms with Crippen LogP contribution in [0.1, 0.15) is 45.4 Å². The number of rotatable bonds is 4. The average molecular weight is 324 g/mol. The maximum Gasteiger partial charge on any atom is 0.441 e. The first-order valence-electron chi connectivity index (χ1n) is 8.14. The highest BCUT2D eigenvalue weighted by Crippen LogP contribution is 2.31. The average Bonchev–Trinajstić information content (AvgIpc) is 2.61. The van der Waals surface area contributed by atoms with Crippen LogP contribution in [0.15, 0.2) is 0 Å². The van der Waals surface area contributed by atoms with Crippen molar-refractivity contribution in [3.05, 3.63) is 0 Å². The van der Waals surface area contributed by atoms with E-state index in [1.54, 1.807) is 0 Å². The Kier molecular flexibility index (Phi) is 6.69. The number of hydrogen-bond donors (Lipinski definition) is 1. The van der Waals surface area contributed by atoms with Gasteiger partial charge in [-0.25, -0.2) is 0 Å². The van der Waals surface area contributed by atoms with Gasteiger partial charge in [0, 0.05) is 30.9 Å². The van der Waals surface area contributed by atoms with Crippen LogP contribution in [0, 0.1) is 5.92 Å². The van der Waals surface area contributed by atoms with Gasteiger partial charge in [-0.1, -0.05) is 19.3 Å². The number of thioether (sulfide) groups is 1. The number of nitrogens with one attached hydrogen (secondary N) is 1. The highest BCUT2D eigenvalue weighted by atomic mass is 32.2. The summed E-state index contributed by atoms with van der Waals surface area (Å²) in [5, 5.41) is 3.65. The van der Waals surface area contributed by atoms with Crippen molar-refractivity contribution in [3.8, 4) is 0 Å². The van der Waals surface area contributed by atoms with Gasteiger partial charge in [0.2, 0.25) is 0 Å². The minimum Gasteiger partial charge on any atom is -0.312 e. The molecule has 1 saturated heterocycles. The molecule has 1 aliphatic carbocycles. The quantitative estimate of drug-likeness (QED) is 0.845. The first-order valence-corrected chi connectivity index (χ1v) is 9.12. The maximum atomic E-state index is 12.3. The van der Waals surface area contributed by atoms with Crippen LogP contribution in [0.5, 0.6) is 0 Å². The minimum atomic E-state index is -4.10. The van der Waals surface area contributed by atoms with Crippen LogP contribution in [0.3, 0.4) is 0 Å². The van der Waals surface area contributed by atoms with Crippen LogP contribution in [0.25, 0.3) is 0 Å². The molecule has 2 unspecified atom stereocenters. The van der Waals surface area contributed by atoms with E-state index in [0.29, 0.717) is 24.5 Å². The zero-order valence-electron chi connectivity index (χ0n) is 12.8. The molecule has 0 aromatic rings. The van der Waals surface area contributed by atoms with E-state index in [9.17, 15) is 13.2 Å². The normalized spacial score (nSPS) is 30.3. The number of hydrogen-bond acceptors (Lipinski definition) is 3. The molecule has 0 bridgehead atoms. The molecule has 6 heteroatoms. The van der Waals surface area contributed by atoms with Crippen molar-refractivity contribution in [1.29, 1.82) is 0 Å². The highest BCUT2D eigenvalue weighted by molar-refractivity contribution is 8.00. The highest BCUT2D eigenvalue weighted by Gasteiger charge is 2.31. The van der Waals surface area contributed by atoms with E-state index in [1.165, 1.54) is 32.1 Å². The van der Waals surface area contributed by atoms with Gasteiger partial charge in [-0.05, 0) is 50.4 Å². The third-order valence-electron chi connectivity index (χ3n) is 4.89. The molecule has 21 heavy (non-hydrogen) atoms. The van der Waals surface area contributed by atoms with Gasteiger partial charge in [0.15, 0.2) is 0 Å². The van der Waals surface area contributed by atoms with Gasteiger partial charge in [0.05, 0.1) is 0 Å². The molecule has 0 amide bonds. The lowest BCUT2D eigenvalue weighted by atomic mass is 9.83. The molecule has 0 aromatic heterocycles. The fourth-order valence-electron chi connectivity index (χ4n) is 3.60. The van der Waals surface area contributed by atoms with Crippen LogP contribution in [-0.4, -0.2) is 47.9 Å². The van der Waals surface area contributed by atoms with Crippen LogP contribution >= 0.6 is 11.8 Å². The molecular weight excluding hydrogens is 297 g/mol. The fourth-order valence-corrected chi connectivity index (χ4v) is 4.16. The number of alkyl halides is 3. The summed E-state index contributed by atoms with van der Waals surface area (Å²) in [7, 11) is 0. The molecule has 2 atom stereocenters. The van der Waals surface area contributed by atoms with E-state index in [-0.39, 0.29) is 17.5 Å². The monoisotopic (exact) mass is 324 g/mol. The smallest absolute Gasteiger partial charge is 0.312 e. The lowest BCUT2D eigenvalue weighted by molar-refractivity contribution is -0.0329. The first kappa shape index (κ1) is 17.4. The van der Waals surface area contributed by atoms with Crippen molar-refractivity contribution >= 4 is 11.8 Å². The molecule has 2 aliphatic rings. The fraction of sp³-hybridized carbons (Fsp3) is 1.00. The molecule has 1 heterocycles. The standard InChI is InChI=1S/C15H27F3N2S/c1-12-7-8-19-14(13-5-3-2-4-6-13)11-20(12)9-10-21-15(16,17)18/h12-14,19H,2-11H2,1H3. The third-order valence-corrected chi connectivity index (χ3v) is 5.60. The molecule has 1 N–H and O–H groups in total. The second-order valence-corrected chi connectivity index (χ2v) is 7.55. The maximum absolute atomic E-state index is 12.3. The van der Waals surface area contributed by atoms with E-state index < -0.39 is 5.51 Å². The molecule has 1 aliphatic heterocycles. The van der Waals surface area contributed by atoms with Gasteiger partial charge < -0.3 is 5.32 Å². The van der Waals surface area contributed by atoms with E-state index in [2.05, 4.69) is 17.1 Å². The summed E-state index contributed by atoms with van der Waals surface area (Å²) in [6, 6.07) is 0.839. The number of nitrogens with zero attached hydrogens (tertiary/aromatic N) is 1. The zero-order chi connectivity index (χ0) is 15.3. The van der Waals surface area contributed by atoms with Crippen LogP contribution in [0.2, 0.25) is 0 Å². The number of halogens is 3. The van der Waals surface area contributed by atoms with Gasteiger partial charge in [-0.3, -0.25) is 4.90 Å². The molecule has 0 radical (unpaired) electrons.